The van der Waals surface area contributed by atoms with Gasteiger partial charge in [0.1, 0.15) is 53.6 Å². The van der Waals surface area contributed by atoms with Gasteiger partial charge >= 0.3 is 23.9 Å². The fourth-order valence-corrected chi connectivity index (χ4v) is 7.33. The molecule has 3 rings (SSSR count). The van der Waals surface area contributed by atoms with Crippen LogP contribution in [-0.4, -0.2) is 94.4 Å². The molecular weight excluding hydrogens is 951 g/mol. The number of carbonyl (C=O) groups excluding carboxylic acids is 9. The molecule has 0 aliphatic rings. The van der Waals surface area contributed by atoms with E-state index in [1.54, 1.807) is 123 Å². The minimum absolute atomic E-state index is 0.0304. The summed E-state index contributed by atoms with van der Waals surface area (Å²) in [6.07, 6.45) is -2.12. The van der Waals surface area contributed by atoms with Crippen LogP contribution in [0.1, 0.15) is 143 Å². The Bertz CT molecular complexity index is 2390. The third-order valence-electron chi connectivity index (χ3n) is 10.6. The molecule has 5 N–H and O–H groups in total. The van der Waals surface area contributed by atoms with Crippen molar-refractivity contribution in [3.8, 4) is 0 Å². The zero-order chi connectivity index (χ0) is 55.4. The number of rotatable bonds is 25. The number of esters is 4. The average molecular weight is 1030 g/mol. The van der Waals surface area contributed by atoms with E-state index in [0.29, 0.717) is 11.1 Å². The molecule has 0 unspecified atom stereocenters. The van der Waals surface area contributed by atoms with Gasteiger partial charge in [0.15, 0.2) is 0 Å². The first kappa shape index (κ1) is 61.2. The normalized spacial score (nSPS) is 13.6. The van der Waals surface area contributed by atoms with E-state index in [1.807, 2.05) is 45.0 Å². The van der Waals surface area contributed by atoms with E-state index < -0.39 is 120 Å². The zero-order valence-corrected chi connectivity index (χ0v) is 45.0. The standard InChI is InChI=1S/C56H77N5O13/c1-35(2)31-43(53(70)71-34-37-22-15-13-16-23-37)60-52(69)48(38-24-17-14-18-25-38)61-51(68)41(32-39-26-20-19-21-36(39)3)59-49(66)40(27-29-45(63)72-54(4,5)6)58-50(67)42(33-47(65)74-56(10,11)12)57-44(62)28-30-46(64)73-55(7,8)9/h13-26,35,40-43,48H,27-34H2,1-12H3,(H,57,62)(H,58,67)(H,59,66)(H,60,69)(H,61,68)/t40-,41-,42-,43-,48-/m0/s1. The Morgan fingerprint density at radius 1 is 0.500 bits per heavy atom. The van der Waals surface area contributed by atoms with Gasteiger partial charge in [-0.2, -0.15) is 0 Å². The van der Waals surface area contributed by atoms with Crippen molar-refractivity contribution in [3.05, 3.63) is 107 Å². The summed E-state index contributed by atoms with van der Waals surface area (Å²) in [5.74, 6) is -7.30. The van der Waals surface area contributed by atoms with Gasteiger partial charge in [0.25, 0.3) is 0 Å². The van der Waals surface area contributed by atoms with Crippen molar-refractivity contribution in [1.82, 2.24) is 26.6 Å². The fraction of sp³-hybridized carbons (Fsp3) is 0.518. The summed E-state index contributed by atoms with van der Waals surface area (Å²) in [5, 5.41) is 13.3. The highest BCUT2D eigenvalue weighted by Gasteiger charge is 2.36. The molecule has 0 radical (unpaired) electrons. The van der Waals surface area contributed by atoms with Crippen LogP contribution in [-0.2, 0) is 75.1 Å². The highest BCUT2D eigenvalue weighted by atomic mass is 16.6. The maximum Gasteiger partial charge on any atom is 0.328 e. The first-order valence-corrected chi connectivity index (χ1v) is 24.9. The van der Waals surface area contributed by atoms with Gasteiger partial charge in [-0.3, -0.25) is 38.4 Å². The van der Waals surface area contributed by atoms with Gasteiger partial charge in [0, 0.05) is 19.3 Å². The summed E-state index contributed by atoms with van der Waals surface area (Å²) in [4.78, 5) is 124. The van der Waals surface area contributed by atoms with Crippen LogP contribution >= 0.6 is 0 Å². The minimum atomic E-state index is -1.64. The van der Waals surface area contributed by atoms with Crippen LogP contribution < -0.4 is 26.6 Å². The van der Waals surface area contributed by atoms with Crippen molar-refractivity contribution in [2.24, 2.45) is 5.92 Å². The summed E-state index contributed by atoms with van der Waals surface area (Å²) in [6, 6.07) is 17.3. The lowest BCUT2D eigenvalue weighted by molar-refractivity contribution is -0.158. The fourth-order valence-electron chi connectivity index (χ4n) is 7.33. The lowest BCUT2D eigenvalue weighted by atomic mass is 9.98. The quantitative estimate of drug-likeness (QED) is 0.0476. The van der Waals surface area contributed by atoms with Crippen LogP contribution in [0.4, 0.5) is 0 Å². The Balaban J connectivity index is 2.03. The van der Waals surface area contributed by atoms with E-state index in [0.717, 1.165) is 11.1 Å². The summed E-state index contributed by atoms with van der Waals surface area (Å²) in [7, 11) is 0. The van der Waals surface area contributed by atoms with Crippen molar-refractivity contribution in [3.63, 3.8) is 0 Å². The second kappa shape index (κ2) is 28.4. The molecule has 0 heterocycles. The number of ether oxygens (including phenoxy) is 4. The number of benzene rings is 3. The Morgan fingerprint density at radius 3 is 1.55 bits per heavy atom. The molecule has 5 atom stereocenters. The zero-order valence-electron chi connectivity index (χ0n) is 45.0. The maximum atomic E-state index is 14.8. The molecule has 18 nitrogen and oxygen atoms in total. The van der Waals surface area contributed by atoms with Crippen molar-refractivity contribution in [2.75, 3.05) is 0 Å². The van der Waals surface area contributed by atoms with Gasteiger partial charge < -0.3 is 45.5 Å². The molecule has 5 amide bonds. The van der Waals surface area contributed by atoms with Gasteiger partial charge in [-0.25, -0.2) is 4.79 Å². The second-order valence-electron chi connectivity index (χ2n) is 21.5. The summed E-state index contributed by atoms with van der Waals surface area (Å²) in [6.45, 7) is 20.4. The van der Waals surface area contributed by atoms with E-state index in [1.165, 1.54) is 0 Å². The Morgan fingerprint density at radius 2 is 0.986 bits per heavy atom. The van der Waals surface area contributed by atoms with Crippen LogP contribution in [0.15, 0.2) is 84.9 Å². The lowest BCUT2D eigenvalue weighted by Crippen LogP contribution is -2.58. The number of hydrogen-bond donors (Lipinski definition) is 5. The van der Waals surface area contributed by atoms with Crippen molar-refractivity contribution in [1.29, 1.82) is 0 Å². The molecule has 0 saturated heterocycles. The van der Waals surface area contributed by atoms with E-state index in [-0.39, 0.29) is 38.2 Å². The molecule has 74 heavy (non-hydrogen) atoms. The Labute approximate surface area is 435 Å². The molecule has 0 fully saturated rings. The summed E-state index contributed by atoms with van der Waals surface area (Å²) < 4.78 is 21.9. The predicted molar refractivity (Wildman–Crippen MR) is 276 cm³/mol. The van der Waals surface area contributed by atoms with Crippen molar-refractivity contribution in [2.45, 2.75) is 182 Å². The molecule has 0 aromatic heterocycles. The minimum Gasteiger partial charge on any atom is -0.460 e. The lowest BCUT2D eigenvalue weighted by Gasteiger charge is -2.28. The van der Waals surface area contributed by atoms with E-state index in [2.05, 4.69) is 26.6 Å². The van der Waals surface area contributed by atoms with Gasteiger partial charge in [-0.1, -0.05) is 98.8 Å². The molecule has 3 aromatic rings. The highest BCUT2D eigenvalue weighted by Crippen LogP contribution is 2.19. The van der Waals surface area contributed by atoms with Crippen molar-refractivity contribution < 1.29 is 62.1 Å². The number of hydrogen-bond acceptors (Lipinski definition) is 13. The van der Waals surface area contributed by atoms with Crippen LogP contribution in [0.25, 0.3) is 0 Å². The molecule has 0 aliphatic carbocycles. The second-order valence-corrected chi connectivity index (χ2v) is 21.5. The first-order chi connectivity index (χ1) is 34.5. The summed E-state index contributed by atoms with van der Waals surface area (Å²) >= 11 is 0. The Hall–Kier alpha value is -7.11. The summed E-state index contributed by atoms with van der Waals surface area (Å²) in [5.41, 5.74) is -0.195. The van der Waals surface area contributed by atoms with E-state index in [9.17, 15) is 43.2 Å². The number of carbonyl (C=O) groups is 9. The van der Waals surface area contributed by atoms with Crippen LogP contribution in [0.5, 0.6) is 0 Å². The molecular formula is C56H77N5O13. The molecule has 0 saturated carbocycles. The molecule has 18 heteroatoms. The number of amides is 5. The average Bonchev–Trinajstić information content (AvgIpc) is 3.29. The molecule has 0 bridgehead atoms. The van der Waals surface area contributed by atoms with Gasteiger partial charge in [0.2, 0.25) is 29.5 Å². The van der Waals surface area contributed by atoms with Crippen LogP contribution in [0, 0.1) is 12.8 Å². The van der Waals surface area contributed by atoms with Crippen LogP contribution in [0.2, 0.25) is 0 Å². The predicted octanol–water partition coefficient (Wildman–Crippen LogP) is 6.10. The third kappa shape index (κ3) is 23.6. The Kier molecular flexibility index (Phi) is 23.5. The van der Waals surface area contributed by atoms with E-state index in [4.69, 9.17) is 18.9 Å². The van der Waals surface area contributed by atoms with Crippen molar-refractivity contribution >= 4 is 53.4 Å². The molecule has 0 spiro atoms. The monoisotopic (exact) mass is 1030 g/mol. The van der Waals surface area contributed by atoms with Crippen LogP contribution in [0.3, 0.4) is 0 Å². The molecule has 0 aliphatic heterocycles. The maximum absolute atomic E-state index is 14.8. The van der Waals surface area contributed by atoms with Gasteiger partial charge in [-0.05, 0) is 110 Å². The number of nitrogens with one attached hydrogen (secondary N) is 5. The molecule has 3 aromatic carbocycles. The van der Waals surface area contributed by atoms with Gasteiger partial charge in [-0.15, -0.1) is 0 Å². The van der Waals surface area contributed by atoms with E-state index >= 15 is 0 Å². The largest absolute Gasteiger partial charge is 0.460 e. The number of aryl methyl sites for hydroxylation is 1. The SMILES string of the molecule is Cc1ccccc1C[C@H](NC(=O)[C@H](CCC(=O)OC(C)(C)C)NC(=O)[C@H](CC(=O)OC(C)(C)C)NC(=O)CCC(=O)OC(C)(C)C)C(=O)N[C@H](C(=O)N[C@@H](CC(C)C)C(=O)OCc1ccccc1)c1ccccc1. The van der Waals surface area contributed by atoms with Gasteiger partial charge in [0.05, 0.1) is 12.8 Å². The first-order valence-electron chi connectivity index (χ1n) is 24.9. The smallest absolute Gasteiger partial charge is 0.328 e. The topological polar surface area (TPSA) is 251 Å². The molecule has 404 valence electrons. The highest BCUT2D eigenvalue weighted by molar-refractivity contribution is 5.97. The third-order valence-corrected chi connectivity index (χ3v) is 10.6.